The van der Waals surface area contributed by atoms with Crippen LogP contribution in [0.1, 0.15) is 59.3 Å². The average molecular weight is 302 g/mol. The topological polar surface area (TPSA) is 112 Å². The van der Waals surface area contributed by atoms with Gasteiger partial charge in [0, 0.05) is 19.3 Å². The Bertz CT molecular complexity index is 352. The quantitative estimate of drug-likeness (QED) is 0.514. The summed E-state index contributed by atoms with van der Waals surface area (Å²) in [6.07, 6.45) is -3.19. The lowest BCUT2D eigenvalue weighted by Crippen LogP contribution is -2.63. The SMILES string of the molecule is CCCC(=O)C(O)C(O)(C(=O)CCC)C(O)C(=O)CCC. The minimum absolute atomic E-state index is 0.0441. The molecule has 0 aromatic carbocycles. The smallest absolute Gasteiger partial charge is 0.189 e. The Balaban J connectivity index is 5.50. The predicted octanol–water partition coefficient (Wildman–Crippen LogP) is 0.547. The first kappa shape index (κ1) is 19.9. The van der Waals surface area contributed by atoms with Gasteiger partial charge in [-0.1, -0.05) is 20.8 Å². The van der Waals surface area contributed by atoms with Crippen LogP contribution in [0.25, 0.3) is 0 Å². The number of Topliss-reactive ketones (excluding diaryl/α,β-unsaturated/α-hetero) is 3. The first-order chi connectivity index (χ1) is 9.77. The fourth-order valence-electron chi connectivity index (χ4n) is 2.14. The molecule has 0 bridgehead atoms. The van der Waals surface area contributed by atoms with Gasteiger partial charge in [0.15, 0.2) is 35.2 Å². The Hall–Kier alpha value is -1.11. The van der Waals surface area contributed by atoms with E-state index in [1.54, 1.807) is 20.8 Å². The molecular formula is C15H26O6. The van der Waals surface area contributed by atoms with Crippen molar-refractivity contribution in [3.8, 4) is 0 Å². The summed E-state index contributed by atoms with van der Waals surface area (Å²) in [6.45, 7) is 5.09. The molecule has 0 fully saturated rings. The second kappa shape index (κ2) is 9.02. The van der Waals surface area contributed by atoms with E-state index < -0.39 is 35.2 Å². The van der Waals surface area contributed by atoms with Gasteiger partial charge in [-0.2, -0.15) is 0 Å². The maximum absolute atomic E-state index is 12.1. The van der Waals surface area contributed by atoms with Crippen molar-refractivity contribution in [1.29, 1.82) is 0 Å². The molecular weight excluding hydrogens is 276 g/mol. The second-order valence-electron chi connectivity index (χ2n) is 5.24. The van der Waals surface area contributed by atoms with E-state index in [-0.39, 0.29) is 19.3 Å². The first-order valence-corrected chi connectivity index (χ1v) is 7.44. The van der Waals surface area contributed by atoms with Gasteiger partial charge in [-0.3, -0.25) is 14.4 Å². The van der Waals surface area contributed by atoms with E-state index in [0.717, 1.165) is 0 Å². The molecule has 0 rings (SSSR count). The Morgan fingerprint density at radius 3 is 1.43 bits per heavy atom. The fraction of sp³-hybridized carbons (Fsp3) is 0.800. The van der Waals surface area contributed by atoms with E-state index in [0.29, 0.717) is 19.3 Å². The highest BCUT2D eigenvalue weighted by molar-refractivity contribution is 6.01. The molecule has 0 saturated carbocycles. The minimum atomic E-state index is -2.76. The van der Waals surface area contributed by atoms with Crippen molar-refractivity contribution in [3.63, 3.8) is 0 Å². The molecule has 0 amide bonds. The number of ketones is 3. The molecule has 0 heterocycles. The standard InChI is InChI=1S/C15H26O6/c1-4-7-10(16)13(19)15(21,12(18)9-6-3)14(20)11(17)8-5-2/h13-14,19-21H,4-9H2,1-3H3. The lowest BCUT2D eigenvalue weighted by Gasteiger charge is -2.34. The molecule has 6 nitrogen and oxygen atoms in total. The molecule has 0 aromatic heterocycles. The van der Waals surface area contributed by atoms with Gasteiger partial charge < -0.3 is 15.3 Å². The molecule has 0 saturated heterocycles. The van der Waals surface area contributed by atoms with Crippen molar-refractivity contribution in [2.45, 2.75) is 77.1 Å². The molecule has 0 radical (unpaired) electrons. The minimum Gasteiger partial charge on any atom is -0.382 e. The number of carbonyl (C=O) groups excluding carboxylic acids is 3. The van der Waals surface area contributed by atoms with Gasteiger partial charge in [-0.25, -0.2) is 0 Å². The van der Waals surface area contributed by atoms with Crippen molar-refractivity contribution in [3.05, 3.63) is 0 Å². The van der Waals surface area contributed by atoms with E-state index in [1.807, 2.05) is 0 Å². The second-order valence-corrected chi connectivity index (χ2v) is 5.24. The number of aliphatic hydroxyl groups is 3. The molecule has 0 aromatic rings. The molecule has 0 aliphatic carbocycles. The molecule has 3 N–H and O–H groups in total. The summed E-state index contributed by atoms with van der Waals surface area (Å²) in [5, 5.41) is 30.5. The van der Waals surface area contributed by atoms with Crippen LogP contribution in [0.15, 0.2) is 0 Å². The van der Waals surface area contributed by atoms with E-state index >= 15 is 0 Å². The van der Waals surface area contributed by atoms with Crippen LogP contribution in [-0.2, 0) is 14.4 Å². The summed E-state index contributed by atoms with van der Waals surface area (Å²) in [4.78, 5) is 35.7. The third kappa shape index (κ3) is 4.69. The van der Waals surface area contributed by atoms with Gasteiger partial charge in [0.25, 0.3) is 0 Å². The number of carbonyl (C=O) groups is 3. The summed E-state index contributed by atoms with van der Waals surface area (Å²) >= 11 is 0. The molecule has 122 valence electrons. The van der Waals surface area contributed by atoms with E-state index in [9.17, 15) is 29.7 Å². The largest absolute Gasteiger partial charge is 0.382 e. The highest BCUT2D eigenvalue weighted by Crippen LogP contribution is 2.24. The zero-order valence-electron chi connectivity index (χ0n) is 13.0. The number of rotatable bonds is 11. The van der Waals surface area contributed by atoms with E-state index in [1.165, 1.54) is 0 Å². The summed E-state index contributed by atoms with van der Waals surface area (Å²) in [7, 11) is 0. The van der Waals surface area contributed by atoms with Crippen molar-refractivity contribution >= 4 is 17.3 Å². The van der Waals surface area contributed by atoms with Crippen LogP contribution in [0.3, 0.4) is 0 Å². The van der Waals surface area contributed by atoms with Crippen LogP contribution in [0.2, 0.25) is 0 Å². The maximum Gasteiger partial charge on any atom is 0.189 e. The van der Waals surface area contributed by atoms with Gasteiger partial charge in [-0.15, -0.1) is 0 Å². The zero-order chi connectivity index (χ0) is 16.6. The Morgan fingerprint density at radius 1 is 0.810 bits per heavy atom. The summed E-state index contributed by atoms with van der Waals surface area (Å²) < 4.78 is 0. The lowest BCUT2D eigenvalue weighted by atomic mass is 9.79. The van der Waals surface area contributed by atoms with Crippen LogP contribution in [0, 0.1) is 0 Å². The van der Waals surface area contributed by atoms with Gasteiger partial charge in [0.05, 0.1) is 0 Å². The average Bonchev–Trinajstić information content (AvgIpc) is 2.45. The highest BCUT2D eigenvalue weighted by atomic mass is 16.4. The predicted molar refractivity (Wildman–Crippen MR) is 76.7 cm³/mol. The monoisotopic (exact) mass is 302 g/mol. The Kier molecular flexibility index (Phi) is 8.54. The molecule has 0 aliphatic rings. The third-order valence-electron chi connectivity index (χ3n) is 3.36. The molecule has 0 aliphatic heterocycles. The molecule has 21 heavy (non-hydrogen) atoms. The van der Waals surface area contributed by atoms with E-state index in [2.05, 4.69) is 0 Å². The number of aliphatic hydroxyl groups excluding tert-OH is 2. The summed E-state index contributed by atoms with van der Waals surface area (Å²) in [5.41, 5.74) is -2.76. The summed E-state index contributed by atoms with van der Waals surface area (Å²) in [5.74, 6) is -2.40. The van der Waals surface area contributed by atoms with Crippen LogP contribution in [0.5, 0.6) is 0 Å². The van der Waals surface area contributed by atoms with Crippen LogP contribution >= 0.6 is 0 Å². The highest BCUT2D eigenvalue weighted by Gasteiger charge is 2.53. The zero-order valence-corrected chi connectivity index (χ0v) is 13.0. The Morgan fingerprint density at radius 2 is 1.14 bits per heavy atom. The van der Waals surface area contributed by atoms with Crippen LogP contribution in [0.4, 0.5) is 0 Å². The van der Waals surface area contributed by atoms with Gasteiger partial charge in [-0.05, 0) is 19.3 Å². The maximum atomic E-state index is 12.1. The number of hydrogen-bond acceptors (Lipinski definition) is 6. The van der Waals surface area contributed by atoms with Crippen LogP contribution in [-0.4, -0.2) is 50.5 Å². The van der Waals surface area contributed by atoms with Crippen molar-refractivity contribution in [1.82, 2.24) is 0 Å². The van der Waals surface area contributed by atoms with Crippen molar-refractivity contribution < 1.29 is 29.7 Å². The third-order valence-corrected chi connectivity index (χ3v) is 3.36. The van der Waals surface area contributed by atoms with Crippen molar-refractivity contribution in [2.75, 3.05) is 0 Å². The first-order valence-electron chi connectivity index (χ1n) is 7.44. The molecule has 0 spiro atoms. The number of hydrogen-bond donors (Lipinski definition) is 3. The van der Waals surface area contributed by atoms with Gasteiger partial charge >= 0.3 is 0 Å². The van der Waals surface area contributed by atoms with Crippen LogP contribution < -0.4 is 0 Å². The normalized spacial score (nSPS) is 16.9. The van der Waals surface area contributed by atoms with Gasteiger partial charge in [0.2, 0.25) is 0 Å². The molecule has 6 heteroatoms. The Labute approximate surface area is 125 Å². The lowest BCUT2D eigenvalue weighted by molar-refractivity contribution is -0.181. The fourth-order valence-corrected chi connectivity index (χ4v) is 2.14. The van der Waals surface area contributed by atoms with Gasteiger partial charge in [0.1, 0.15) is 0 Å². The molecule has 2 atom stereocenters. The van der Waals surface area contributed by atoms with Crippen molar-refractivity contribution in [2.24, 2.45) is 0 Å². The molecule has 2 unspecified atom stereocenters. The summed E-state index contributed by atoms with van der Waals surface area (Å²) in [6, 6.07) is 0. The van der Waals surface area contributed by atoms with E-state index in [4.69, 9.17) is 0 Å².